The highest BCUT2D eigenvalue weighted by Crippen LogP contribution is 2.31. The highest BCUT2D eigenvalue weighted by molar-refractivity contribution is 7.99. The number of hydrogen-bond donors (Lipinski definition) is 2. The van der Waals surface area contributed by atoms with Gasteiger partial charge in [0, 0.05) is 30.6 Å². The second-order valence-electron chi connectivity index (χ2n) is 5.74. The molecular weight excluding hydrogens is 284 g/mol. The van der Waals surface area contributed by atoms with Gasteiger partial charge in [-0.15, -0.1) is 0 Å². The van der Waals surface area contributed by atoms with Crippen molar-refractivity contribution >= 4 is 17.8 Å². The first-order valence-corrected chi connectivity index (χ1v) is 8.94. The van der Waals surface area contributed by atoms with Crippen molar-refractivity contribution in [2.75, 3.05) is 19.8 Å². The fourth-order valence-corrected chi connectivity index (χ4v) is 4.04. The summed E-state index contributed by atoms with van der Waals surface area (Å²) in [5.41, 5.74) is 2.35. The van der Waals surface area contributed by atoms with E-state index in [-0.39, 0.29) is 6.03 Å². The van der Waals surface area contributed by atoms with Crippen LogP contribution in [0.15, 0.2) is 6.20 Å². The van der Waals surface area contributed by atoms with Gasteiger partial charge in [0.15, 0.2) is 0 Å². The number of aryl methyl sites for hydroxylation is 2. The summed E-state index contributed by atoms with van der Waals surface area (Å²) in [6.07, 6.45) is 9.48. The maximum absolute atomic E-state index is 12.2. The van der Waals surface area contributed by atoms with Crippen LogP contribution in [0.4, 0.5) is 4.79 Å². The second kappa shape index (κ2) is 7.73. The van der Waals surface area contributed by atoms with Gasteiger partial charge in [-0.25, -0.2) is 4.79 Å². The van der Waals surface area contributed by atoms with Gasteiger partial charge in [0.1, 0.15) is 0 Å². The first-order chi connectivity index (χ1) is 10.1. The number of nitrogens with one attached hydrogen (secondary N) is 2. The Morgan fingerprint density at radius 3 is 3.05 bits per heavy atom. The van der Waals surface area contributed by atoms with E-state index in [1.165, 1.54) is 18.4 Å². The summed E-state index contributed by atoms with van der Waals surface area (Å²) in [7, 11) is 1.93. The molecule has 118 valence electrons. The van der Waals surface area contributed by atoms with Crippen molar-refractivity contribution in [2.24, 2.45) is 0 Å². The molecule has 1 heterocycles. The van der Waals surface area contributed by atoms with E-state index in [0.717, 1.165) is 25.0 Å². The number of carbonyl (C=O) groups excluding carboxylic acids is 1. The highest BCUT2D eigenvalue weighted by Gasteiger charge is 2.31. The summed E-state index contributed by atoms with van der Waals surface area (Å²) < 4.78 is 0. The Morgan fingerprint density at radius 2 is 2.38 bits per heavy atom. The Balaban J connectivity index is 1.70. The molecular formula is C15H26N4OS. The third-order valence-corrected chi connectivity index (χ3v) is 5.53. The molecule has 1 aromatic heterocycles. The summed E-state index contributed by atoms with van der Waals surface area (Å²) in [5, 5.41) is 10.6. The maximum atomic E-state index is 12.2. The first-order valence-electron chi connectivity index (χ1n) is 7.65. The zero-order chi connectivity index (χ0) is 15.2. The summed E-state index contributed by atoms with van der Waals surface area (Å²) in [4.78, 5) is 14.1. The molecule has 2 rings (SSSR count). The lowest BCUT2D eigenvalue weighted by molar-refractivity contribution is 0.192. The van der Waals surface area contributed by atoms with Gasteiger partial charge in [-0.05, 0) is 44.4 Å². The molecule has 0 bridgehead atoms. The van der Waals surface area contributed by atoms with E-state index in [1.54, 1.807) is 0 Å². The van der Waals surface area contributed by atoms with Gasteiger partial charge in [0.2, 0.25) is 0 Å². The third kappa shape index (κ3) is 4.15. The first kappa shape index (κ1) is 16.2. The molecule has 2 amide bonds. The molecule has 0 aromatic carbocycles. The van der Waals surface area contributed by atoms with Crippen LogP contribution >= 0.6 is 11.8 Å². The molecule has 2 N–H and O–H groups in total. The lowest BCUT2D eigenvalue weighted by Gasteiger charge is -2.29. The van der Waals surface area contributed by atoms with E-state index in [2.05, 4.69) is 21.8 Å². The Labute approximate surface area is 131 Å². The molecule has 1 aliphatic carbocycles. The van der Waals surface area contributed by atoms with E-state index in [1.807, 2.05) is 36.8 Å². The number of aromatic nitrogens is 2. The average molecular weight is 310 g/mol. The third-order valence-electron chi connectivity index (χ3n) is 4.37. The molecule has 21 heavy (non-hydrogen) atoms. The molecule has 1 fully saturated rings. The number of carbonyl (C=O) groups is 1. The van der Waals surface area contributed by atoms with Crippen molar-refractivity contribution < 1.29 is 4.79 Å². The molecule has 0 saturated heterocycles. The van der Waals surface area contributed by atoms with Crippen LogP contribution < -0.4 is 5.32 Å². The summed E-state index contributed by atoms with van der Waals surface area (Å²) in [6, 6.07) is 0.445. The zero-order valence-corrected chi connectivity index (χ0v) is 14.0. The Kier molecular flexibility index (Phi) is 5.96. The second-order valence-corrected chi connectivity index (χ2v) is 6.82. The van der Waals surface area contributed by atoms with Crippen LogP contribution in [0.5, 0.6) is 0 Å². The van der Waals surface area contributed by atoms with Gasteiger partial charge in [-0.1, -0.05) is 6.42 Å². The number of thioether (sulfide) groups is 1. The Bertz CT molecular complexity index is 462. The lowest BCUT2D eigenvalue weighted by Crippen LogP contribution is -2.46. The fraction of sp³-hybridized carbons (Fsp3) is 0.733. The van der Waals surface area contributed by atoms with Crippen molar-refractivity contribution in [1.82, 2.24) is 20.4 Å². The molecule has 5 nitrogen and oxygen atoms in total. The normalized spacial score (nSPS) is 21.5. The SMILES string of the molecule is CS[C@H]1CCC[C@@H]1N(C)C(=O)NCCCc1cn[nH]c1C. The van der Waals surface area contributed by atoms with Crippen LogP contribution in [0.3, 0.4) is 0 Å². The molecule has 1 aromatic rings. The molecule has 2 atom stereocenters. The monoisotopic (exact) mass is 310 g/mol. The van der Waals surface area contributed by atoms with E-state index in [4.69, 9.17) is 0 Å². The maximum Gasteiger partial charge on any atom is 0.317 e. The van der Waals surface area contributed by atoms with E-state index in [0.29, 0.717) is 17.8 Å². The Morgan fingerprint density at radius 1 is 1.57 bits per heavy atom. The van der Waals surface area contributed by atoms with E-state index in [9.17, 15) is 4.79 Å². The predicted molar refractivity (Wildman–Crippen MR) is 87.7 cm³/mol. The number of aromatic amines is 1. The number of nitrogens with zero attached hydrogens (tertiary/aromatic N) is 2. The highest BCUT2D eigenvalue weighted by atomic mass is 32.2. The van der Waals surface area contributed by atoms with Crippen LogP contribution in [0.2, 0.25) is 0 Å². The van der Waals surface area contributed by atoms with Crippen LogP contribution in [0.1, 0.15) is 36.9 Å². The molecule has 0 spiro atoms. The van der Waals surface area contributed by atoms with Crippen LogP contribution in [-0.4, -0.2) is 52.3 Å². The standard InChI is InChI=1S/C15H26N4OS/c1-11-12(10-17-18-11)6-5-9-16-15(20)19(2)13-7-4-8-14(13)21-3/h10,13-14H,4-9H2,1-3H3,(H,16,20)(H,17,18)/t13-,14-/m0/s1. The molecule has 1 aliphatic rings. The van der Waals surface area contributed by atoms with Gasteiger partial charge in [0.05, 0.1) is 6.20 Å². The van der Waals surface area contributed by atoms with Crippen LogP contribution in [0, 0.1) is 6.92 Å². The van der Waals surface area contributed by atoms with Crippen molar-refractivity contribution in [3.8, 4) is 0 Å². The van der Waals surface area contributed by atoms with Crippen LogP contribution in [-0.2, 0) is 6.42 Å². The average Bonchev–Trinajstić information content (AvgIpc) is 3.11. The van der Waals surface area contributed by atoms with Crippen molar-refractivity contribution in [1.29, 1.82) is 0 Å². The minimum absolute atomic E-state index is 0.0601. The summed E-state index contributed by atoms with van der Waals surface area (Å²) in [6.45, 7) is 2.74. The number of hydrogen-bond acceptors (Lipinski definition) is 3. The molecule has 0 radical (unpaired) electrons. The largest absolute Gasteiger partial charge is 0.338 e. The summed E-state index contributed by atoms with van der Waals surface area (Å²) >= 11 is 1.88. The van der Waals surface area contributed by atoms with Crippen molar-refractivity contribution in [3.63, 3.8) is 0 Å². The van der Waals surface area contributed by atoms with Gasteiger partial charge < -0.3 is 10.2 Å². The minimum Gasteiger partial charge on any atom is -0.338 e. The topological polar surface area (TPSA) is 61.0 Å². The lowest BCUT2D eigenvalue weighted by atomic mass is 10.1. The fourth-order valence-electron chi connectivity index (χ4n) is 3.00. The van der Waals surface area contributed by atoms with E-state index >= 15 is 0 Å². The number of rotatable bonds is 6. The Hall–Kier alpha value is -1.17. The van der Waals surface area contributed by atoms with Gasteiger partial charge in [-0.3, -0.25) is 5.10 Å². The minimum atomic E-state index is 0.0601. The van der Waals surface area contributed by atoms with Gasteiger partial charge >= 0.3 is 6.03 Å². The van der Waals surface area contributed by atoms with Gasteiger partial charge in [-0.2, -0.15) is 16.9 Å². The summed E-state index contributed by atoms with van der Waals surface area (Å²) in [5.74, 6) is 0. The molecule has 1 saturated carbocycles. The quantitative estimate of drug-likeness (QED) is 0.794. The molecule has 0 unspecified atom stereocenters. The number of amides is 2. The zero-order valence-electron chi connectivity index (χ0n) is 13.2. The van der Waals surface area contributed by atoms with Crippen LogP contribution in [0.25, 0.3) is 0 Å². The number of H-pyrrole nitrogens is 1. The number of urea groups is 1. The molecule has 0 aliphatic heterocycles. The molecule has 6 heteroatoms. The predicted octanol–water partition coefficient (Wildman–Crippen LogP) is 2.58. The van der Waals surface area contributed by atoms with Crippen molar-refractivity contribution in [3.05, 3.63) is 17.5 Å². The van der Waals surface area contributed by atoms with Crippen molar-refractivity contribution in [2.45, 2.75) is 50.3 Å². The van der Waals surface area contributed by atoms with Gasteiger partial charge in [0.25, 0.3) is 0 Å². The smallest absolute Gasteiger partial charge is 0.317 e. The van der Waals surface area contributed by atoms with E-state index < -0.39 is 0 Å².